The summed E-state index contributed by atoms with van der Waals surface area (Å²) < 4.78 is 6.56. The van der Waals surface area contributed by atoms with Gasteiger partial charge in [-0.25, -0.2) is 9.78 Å². The molecule has 0 atom stereocenters. The molecule has 0 fully saturated rings. The zero-order valence-electron chi connectivity index (χ0n) is 9.26. The molecule has 17 heavy (non-hydrogen) atoms. The first-order valence-electron chi connectivity index (χ1n) is 5.19. The Bertz CT molecular complexity index is 523. The summed E-state index contributed by atoms with van der Waals surface area (Å²) in [4.78, 5) is 15.7. The summed E-state index contributed by atoms with van der Waals surface area (Å²) in [6.45, 7) is 2.05. The number of ether oxygens (including phenoxy) is 1. The van der Waals surface area contributed by atoms with Crippen LogP contribution in [0.25, 0.3) is 5.69 Å². The highest BCUT2D eigenvalue weighted by Crippen LogP contribution is 2.19. The Labute approximate surface area is 104 Å². The molecule has 1 aromatic heterocycles. The number of carbonyl (C=O) groups excluding carboxylic acids is 1. The molecule has 2 aromatic rings. The Morgan fingerprint density at radius 1 is 1.41 bits per heavy atom. The van der Waals surface area contributed by atoms with E-state index in [1.165, 1.54) is 6.33 Å². The van der Waals surface area contributed by atoms with Crippen molar-refractivity contribution in [2.45, 2.75) is 6.92 Å². The number of rotatable bonds is 3. The Morgan fingerprint density at radius 2 is 2.12 bits per heavy atom. The van der Waals surface area contributed by atoms with Gasteiger partial charge in [0.05, 0.1) is 6.61 Å². The molecule has 5 heteroatoms. The fourth-order valence-corrected chi connectivity index (χ4v) is 1.70. The van der Waals surface area contributed by atoms with Crippen LogP contribution in [0, 0.1) is 0 Å². The minimum Gasteiger partial charge on any atom is -0.461 e. The maximum absolute atomic E-state index is 11.8. The van der Waals surface area contributed by atoms with E-state index >= 15 is 0 Å². The lowest BCUT2D eigenvalue weighted by Gasteiger charge is -2.07. The molecular formula is C12H11ClN2O2. The van der Waals surface area contributed by atoms with Gasteiger partial charge in [-0.2, -0.15) is 0 Å². The van der Waals surface area contributed by atoms with Crippen molar-refractivity contribution in [3.63, 3.8) is 0 Å². The normalized spacial score (nSPS) is 10.2. The molecule has 0 amide bonds. The van der Waals surface area contributed by atoms with Gasteiger partial charge in [0.15, 0.2) is 10.8 Å². The summed E-state index contributed by atoms with van der Waals surface area (Å²) in [5.74, 6) is -0.473. The first kappa shape index (κ1) is 11.7. The molecule has 0 unspecified atom stereocenters. The quantitative estimate of drug-likeness (QED) is 0.787. The predicted octanol–water partition coefficient (Wildman–Crippen LogP) is 2.70. The van der Waals surface area contributed by atoms with Crippen LogP contribution in [0.15, 0.2) is 36.7 Å². The van der Waals surface area contributed by atoms with Crippen molar-refractivity contribution in [1.29, 1.82) is 0 Å². The lowest BCUT2D eigenvalue weighted by molar-refractivity contribution is 0.0517. The van der Waals surface area contributed by atoms with Crippen molar-refractivity contribution in [3.8, 4) is 5.69 Å². The first-order chi connectivity index (χ1) is 8.24. The number of benzene rings is 1. The third kappa shape index (κ3) is 2.31. The van der Waals surface area contributed by atoms with Crippen molar-refractivity contribution < 1.29 is 9.53 Å². The van der Waals surface area contributed by atoms with Gasteiger partial charge in [-0.3, -0.25) is 4.57 Å². The first-order valence-corrected chi connectivity index (χ1v) is 5.57. The number of esters is 1. The van der Waals surface area contributed by atoms with E-state index in [4.69, 9.17) is 16.3 Å². The standard InChI is InChI=1S/C12H11ClN2O2/c1-2-17-12(16)10-11(13)14-8-15(10)9-6-4-3-5-7-9/h3-8H,2H2,1H3. The van der Waals surface area contributed by atoms with Gasteiger partial charge < -0.3 is 4.74 Å². The third-order valence-electron chi connectivity index (χ3n) is 2.23. The fourth-order valence-electron chi connectivity index (χ4n) is 1.49. The zero-order valence-corrected chi connectivity index (χ0v) is 10.0. The van der Waals surface area contributed by atoms with E-state index in [1.54, 1.807) is 11.5 Å². The monoisotopic (exact) mass is 250 g/mol. The van der Waals surface area contributed by atoms with Gasteiger partial charge in [0.2, 0.25) is 0 Å². The van der Waals surface area contributed by atoms with Gasteiger partial charge in [0, 0.05) is 5.69 Å². The number of imidazole rings is 1. The summed E-state index contributed by atoms with van der Waals surface area (Å²) in [6.07, 6.45) is 1.50. The predicted molar refractivity (Wildman–Crippen MR) is 64.5 cm³/mol. The second kappa shape index (κ2) is 5.01. The number of halogens is 1. The van der Waals surface area contributed by atoms with Crippen LogP contribution in [0.2, 0.25) is 5.15 Å². The lowest BCUT2D eigenvalue weighted by Crippen LogP contribution is -2.11. The van der Waals surface area contributed by atoms with Crippen molar-refractivity contribution >= 4 is 17.6 Å². The highest BCUT2D eigenvalue weighted by atomic mass is 35.5. The molecule has 0 bridgehead atoms. The Balaban J connectivity index is 2.46. The largest absolute Gasteiger partial charge is 0.461 e. The number of hydrogen-bond acceptors (Lipinski definition) is 3. The molecule has 0 N–H and O–H groups in total. The maximum atomic E-state index is 11.8. The Morgan fingerprint density at radius 3 is 2.76 bits per heavy atom. The molecular weight excluding hydrogens is 240 g/mol. The van der Waals surface area contributed by atoms with Gasteiger partial charge >= 0.3 is 5.97 Å². The molecule has 0 aliphatic rings. The van der Waals surface area contributed by atoms with Crippen LogP contribution in [0.1, 0.15) is 17.4 Å². The van der Waals surface area contributed by atoms with Crippen molar-refractivity contribution in [3.05, 3.63) is 47.5 Å². The highest BCUT2D eigenvalue weighted by Gasteiger charge is 2.19. The Hall–Kier alpha value is -1.81. The smallest absolute Gasteiger partial charge is 0.358 e. The maximum Gasteiger partial charge on any atom is 0.358 e. The van der Waals surface area contributed by atoms with E-state index in [1.807, 2.05) is 30.3 Å². The second-order valence-electron chi connectivity index (χ2n) is 3.31. The number of carbonyl (C=O) groups is 1. The Kier molecular flexibility index (Phi) is 3.44. The highest BCUT2D eigenvalue weighted by molar-refractivity contribution is 6.32. The van der Waals surface area contributed by atoms with Gasteiger partial charge in [-0.15, -0.1) is 0 Å². The molecule has 1 aromatic carbocycles. The lowest BCUT2D eigenvalue weighted by atomic mass is 10.3. The van der Waals surface area contributed by atoms with Crippen molar-refractivity contribution in [2.24, 2.45) is 0 Å². The summed E-state index contributed by atoms with van der Waals surface area (Å²) >= 11 is 5.89. The molecule has 0 aliphatic heterocycles. The van der Waals surface area contributed by atoms with Crippen LogP contribution < -0.4 is 0 Å². The molecule has 0 aliphatic carbocycles. The van der Waals surface area contributed by atoms with Gasteiger partial charge in [-0.05, 0) is 19.1 Å². The topological polar surface area (TPSA) is 44.1 Å². The number of aromatic nitrogens is 2. The van der Waals surface area contributed by atoms with Crippen LogP contribution in [-0.4, -0.2) is 22.1 Å². The van der Waals surface area contributed by atoms with Gasteiger partial charge in [0.25, 0.3) is 0 Å². The second-order valence-corrected chi connectivity index (χ2v) is 3.67. The minimum absolute atomic E-state index is 0.146. The summed E-state index contributed by atoms with van der Waals surface area (Å²) in [7, 11) is 0. The van der Waals surface area contributed by atoms with E-state index in [0.717, 1.165) is 5.69 Å². The van der Waals surface area contributed by atoms with E-state index in [9.17, 15) is 4.79 Å². The van der Waals surface area contributed by atoms with Crippen molar-refractivity contribution in [1.82, 2.24) is 9.55 Å². The van der Waals surface area contributed by atoms with E-state index in [0.29, 0.717) is 6.61 Å². The zero-order chi connectivity index (χ0) is 12.3. The average Bonchev–Trinajstić information content (AvgIpc) is 2.73. The molecule has 88 valence electrons. The number of para-hydroxylation sites is 1. The van der Waals surface area contributed by atoms with Crippen LogP contribution in [-0.2, 0) is 4.74 Å². The average molecular weight is 251 g/mol. The summed E-state index contributed by atoms with van der Waals surface area (Å²) in [5.41, 5.74) is 1.06. The van der Waals surface area contributed by atoms with Gasteiger partial charge in [-0.1, -0.05) is 29.8 Å². The van der Waals surface area contributed by atoms with Crippen LogP contribution in [0.5, 0.6) is 0 Å². The summed E-state index contributed by atoms with van der Waals surface area (Å²) in [5, 5.41) is 0.146. The molecule has 0 radical (unpaired) electrons. The van der Waals surface area contributed by atoms with E-state index in [-0.39, 0.29) is 10.8 Å². The van der Waals surface area contributed by atoms with Crippen LogP contribution >= 0.6 is 11.6 Å². The van der Waals surface area contributed by atoms with E-state index < -0.39 is 5.97 Å². The molecule has 0 saturated heterocycles. The van der Waals surface area contributed by atoms with Crippen molar-refractivity contribution in [2.75, 3.05) is 6.61 Å². The number of nitrogens with zero attached hydrogens (tertiary/aromatic N) is 2. The minimum atomic E-state index is -0.473. The fraction of sp³-hybridized carbons (Fsp3) is 0.167. The van der Waals surface area contributed by atoms with E-state index in [2.05, 4.69) is 4.98 Å². The molecule has 4 nitrogen and oxygen atoms in total. The molecule has 0 spiro atoms. The molecule has 0 saturated carbocycles. The van der Waals surface area contributed by atoms with Crippen LogP contribution in [0.3, 0.4) is 0 Å². The third-order valence-corrected chi connectivity index (χ3v) is 2.50. The van der Waals surface area contributed by atoms with Gasteiger partial charge in [0.1, 0.15) is 6.33 Å². The summed E-state index contributed by atoms with van der Waals surface area (Å²) in [6, 6.07) is 9.36. The van der Waals surface area contributed by atoms with Crippen LogP contribution in [0.4, 0.5) is 0 Å². The number of hydrogen-bond donors (Lipinski definition) is 0. The SMILES string of the molecule is CCOC(=O)c1c(Cl)ncn1-c1ccccc1. The molecule has 2 rings (SSSR count). The molecule has 1 heterocycles.